The highest BCUT2D eigenvalue weighted by Crippen LogP contribution is 2.31. The molecule has 1 heterocycles. The zero-order valence-electron chi connectivity index (χ0n) is 12.1. The van der Waals surface area contributed by atoms with Crippen molar-refractivity contribution in [2.45, 2.75) is 83.8 Å². The van der Waals surface area contributed by atoms with Crippen LogP contribution in [0.4, 0.5) is 0 Å². The Kier molecular flexibility index (Phi) is 7.14. The first-order chi connectivity index (χ1) is 8.23. The SMILES string of the molecule is CCCCCCC(NCCC)C1(C)CCCO1. The van der Waals surface area contributed by atoms with Crippen LogP contribution in [0.2, 0.25) is 0 Å². The average molecular weight is 241 g/mol. The summed E-state index contributed by atoms with van der Waals surface area (Å²) in [4.78, 5) is 0. The van der Waals surface area contributed by atoms with Crippen LogP contribution in [-0.4, -0.2) is 24.8 Å². The van der Waals surface area contributed by atoms with E-state index in [1.807, 2.05) is 0 Å². The van der Waals surface area contributed by atoms with Crippen molar-refractivity contribution in [2.75, 3.05) is 13.2 Å². The molecule has 2 unspecified atom stereocenters. The van der Waals surface area contributed by atoms with Crippen molar-refractivity contribution in [2.24, 2.45) is 0 Å². The lowest BCUT2D eigenvalue weighted by atomic mass is 9.89. The van der Waals surface area contributed by atoms with Crippen molar-refractivity contribution in [1.29, 1.82) is 0 Å². The first kappa shape index (κ1) is 15.0. The summed E-state index contributed by atoms with van der Waals surface area (Å²) in [6, 6.07) is 0.557. The smallest absolute Gasteiger partial charge is 0.0807 e. The number of hydrogen-bond donors (Lipinski definition) is 1. The van der Waals surface area contributed by atoms with E-state index in [4.69, 9.17) is 4.74 Å². The summed E-state index contributed by atoms with van der Waals surface area (Å²) in [7, 11) is 0. The van der Waals surface area contributed by atoms with E-state index >= 15 is 0 Å². The summed E-state index contributed by atoms with van der Waals surface area (Å²) in [5.41, 5.74) is 0.0986. The summed E-state index contributed by atoms with van der Waals surface area (Å²) >= 11 is 0. The molecule has 0 aliphatic carbocycles. The molecule has 0 radical (unpaired) electrons. The molecule has 102 valence electrons. The standard InChI is InChI=1S/C15H31NO/c1-4-6-7-8-10-14(16-12-5-2)15(3)11-9-13-17-15/h14,16H,4-13H2,1-3H3. The topological polar surface area (TPSA) is 21.3 Å². The summed E-state index contributed by atoms with van der Waals surface area (Å²) < 4.78 is 5.99. The lowest BCUT2D eigenvalue weighted by molar-refractivity contribution is -0.0144. The molecule has 2 atom stereocenters. The molecular weight excluding hydrogens is 210 g/mol. The van der Waals surface area contributed by atoms with E-state index in [2.05, 4.69) is 26.1 Å². The third-order valence-electron chi connectivity index (χ3n) is 3.97. The Morgan fingerprint density at radius 3 is 2.59 bits per heavy atom. The molecule has 0 spiro atoms. The molecule has 1 aliphatic rings. The second-order valence-corrected chi connectivity index (χ2v) is 5.62. The molecule has 0 aromatic heterocycles. The van der Waals surface area contributed by atoms with Gasteiger partial charge in [-0.15, -0.1) is 0 Å². The van der Waals surface area contributed by atoms with E-state index in [9.17, 15) is 0 Å². The lowest BCUT2D eigenvalue weighted by Crippen LogP contribution is -2.48. The molecule has 2 nitrogen and oxygen atoms in total. The summed E-state index contributed by atoms with van der Waals surface area (Å²) in [6.07, 6.45) is 10.3. The molecule has 0 aromatic carbocycles. The second kappa shape index (κ2) is 8.10. The summed E-state index contributed by atoms with van der Waals surface area (Å²) in [5, 5.41) is 3.70. The monoisotopic (exact) mass is 241 g/mol. The third-order valence-corrected chi connectivity index (χ3v) is 3.97. The van der Waals surface area contributed by atoms with Crippen LogP contribution < -0.4 is 5.32 Å². The Morgan fingerprint density at radius 2 is 2.00 bits per heavy atom. The fourth-order valence-corrected chi connectivity index (χ4v) is 2.79. The van der Waals surface area contributed by atoms with Gasteiger partial charge in [0.05, 0.1) is 5.60 Å². The predicted octanol–water partition coefficient (Wildman–Crippen LogP) is 3.89. The molecule has 1 rings (SSSR count). The molecule has 1 aliphatic heterocycles. The summed E-state index contributed by atoms with van der Waals surface area (Å²) in [5.74, 6) is 0. The van der Waals surface area contributed by atoms with Crippen molar-refractivity contribution in [3.63, 3.8) is 0 Å². The summed E-state index contributed by atoms with van der Waals surface area (Å²) in [6.45, 7) is 8.88. The first-order valence-electron chi connectivity index (χ1n) is 7.60. The van der Waals surface area contributed by atoms with Crippen LogP contribution in [0.1, 0.15) is 72.1 Å². The van der Waals surface area contributed by atoms with Gasteiger partial charge in [0, 0.05) is 12.6 Å². The normalized spacial score (nSPS) is 26.3. The maximum Gasteiger partial charge on any atom is 0.0807 e. The van der Waals surface area contributed by atoms with Crippen LogP contribution >= 0.6 is 0 Å². The van der Waals surface area contributed by atoms with Crippen LogP contribution in [0.3, 0.4) is 0 Å². The number of ether oxygens (including phenoxy) is 1. The minimum absolute atomic E-state index is 0.0986. The Labute approximate surface area is 108 Å². The number of rotatable bonds is 9. The average Bonchev–Trinajstić information content (AvgIpc) is 2.76. The molecule has 1 fully saturated rings. The van der Waals surface area contributed by atoms with E-state index in [1.54, 1.807) is 0 Å². The number of unbranched alkanes of at least 4 members (excludes halogenated alkanes) is 3. The third kappa shape index (κ3) is 4.97. The van der Waals surface area contributed by atoms with Gasteiger partial charge in [0.2, 0.25) is 0 Å². The Morgan fingerprint density at radius 1 is 1.18 bits per heavy atom. The largest absolute Gasteiger partial charge is 0.374 e. The van der Waals surface area contributed by atoms with Crippen molar-refractivity contribution in [3.8, 4) is 0 Å². The second-order valence-electron chi connectivity index (χ2n) is 5.62. The molecule has 1 N–H and O–H groups in total. The Hall–Kier alpha value is -0.0800. The molecule has 17 heavy (non-hydrogen) atoms. The lowest BCUT2D eigenvalue weighted by Gasteiger charge is -2.34. The van der Waals surface area contributed by atoms with Gasteiger partial charge in [-0.3, -0.25) is 0 Å². The molecule has 2 heteroatoms. The molecule has 0 aromatic rings. The van der Waals surface area contributed by atoms with Gasteiger partial charge >= 0.3 is 0 Å². The van der Waals surface area contributed by atoms with E-state index in [0.29, 0.717) is 6.04 Å². The molecule has 0 bridgehead atoms. The van der Waals surface area contributed by atoms with Gasteiger partial charge in [0.25, 0.3) is 0 Å². The zero-order chi connectivity index (χ0) is 12.6. The van der Waals surface area contributed by atoms with Gasteiger partial charge in [0.15, 0.2) is 0 Å². The first-order valence-corrected chi connectivity index (χ1v) is 7.60. The highest BCUT2D eigenvalue weighted by atomic mass is 16.5. The van der Waals surface area contributed by atoms with E-state index in [0.717, 1.165) is 13.2 Å². The fourth-order valence-electron chi connectivity index (χ4n) is 2.79. The van der Waals surface area contributed by atoms with Crippen molar-refractivity contribution in [1.82, 2.24) is 5.32 Å². The van der Waals surface area contributed by atoms with Crippen LogP contribution in [0, 0.1) is 0 Å². The van der Waals surface area contributed by atoms with Gasteiger partial charge in [-0.25, -0.2) is 0 Å². The molecule has 0 saturated carbocycles. The van der Waals surface area contributed by atoms with E-state index in [-0.39, 0.29) is 5.60 Å². The number of nitrogens with one attached hydrogen (secondary N) is 1. The van der Waals surface area contributed by atoms with E-state index < -0.39 is 0 Å². The fraction of sp³-hybridized carbons (Fsp3) is 1.00. The van der Waals surface area contributed by atoms with Crippen molar-refractivity contribution < 1.29 is 4.74 Å². The number of hydrogen-bond acceptors (Lipinski definition) is 2. The minimum Gasteiger partial charge on any atom is -0.374 e. The Balaban J connectivity index is 2.36. The van der Waals surface area contributed by atoms with E-state index in [1.165, 1.54) is 51.4 Å². The van der Waals surface area contributed by atoms with Gasteiger partial charge in [-0.1, -0.05) is 39.5 Å². The van der Waals surface area contributed by atoms with Crippen molar-refractivity contribution in [3.05, 3.63) is 0 Å². The predicted molar refractivity (Wildman–Crippen MR) is 74.4 cm³/mol. The van der Waals surface area contributed by atoms with Gasteiger partial charge in [-0.05, 0) is 39.2 Å². The molecule has 0 amide bonds. The van der Waals surface area contributed by atoms with Gasteiger partial charge < -0.3 is 10.1 Å². The zero-order valence-corrected chi connectivity index (χ0v) is 12.1. The van der Waals surface area contributed by atoms with Crippen molar-refractivity contribution >= 4 is 0 Å². The van der Waals surface area contributed by atoms with Crippen LogP contribution in [-0.2, 0) is 4.74 Å². The highest BCUT2D eigenvalue weighted by Gasteiger charge is 2.37. The quantitative estimate of drug-likeness (QED) is 0.618. The van der Waals surface area contributed by atoms with Gasteiger partial charge in [0.1, 0.15) is 0 Å². The van der Waals surface area contributed by atoms with Crippen LogP contribution in [0.5, 0.6) is 0 Å². The van der Waals surface area contributed by atoms with Crippen LogP contribution in [0.15, 0.2) is 0 Å². The maximum absolute atomic E-state index is 5.99. The maximum atomic E-state index is 5.99. The van der Waals surface area contributed by atoms with Crippen LogP contribution in [0.25, 0.3) is 0 Å². The molecular formula is C15H31NO. The molecule has 1 saturated heterocycles. The highest BCUT2D eigenvalue weighted by molar-refractivity contribution is 4.92. The minimum atomic E-state index is 0.0986. The van der Waals surface area contributed by atoms with Gasteiger partial charge in [-0.2, -0.15) is 0 Å². The Bertz CT molecular complexity index is 187.